The van der Waals surface area contributed by atoms with Crippen LogP contribution in [0.3, 0.4) is 0 Å². The molecular weight excluding hydrogens is 422 g/mol. The summed E-state index contributed by atoms with van der Waals surface area (Å²) in [4.78, 5) is 15.5. The first-order valence-corrected chi connectivity index (χ1v) is 12.5. The summed E-state index contributed by atoms with van der Waals surface area (Å²) < 4.78 is 29.9. The molecule has 0 unspecified atom stereocenters. The Kier molecular flexibility index (Phi) is 6.11. The molecule has 0 spiro atoms. The molecule has 1 aliphatic rings. The van der Waals surface area contributed by atoms with Crippen LogP contribution in [0.25, 0.3) is 0 Å². The topological polar surface area (TPSA) is 62.6 Å². The number of nitrogens with zero attached hydrogens (tertiary/aromatic N) is 3. The van der Waals surface area contributed by atoms with Crippen molar-refractivity contribution in [2.24, 2.45) is 7.05 Å². The van der Waals surface area contributed by atoms with Gasteiger partial charge in [0.25, 0.3) is 15.9 Å². The summed E-state index contributed by atoms with van der Waals surface area (Å²) in [6.45, 7) is 5.06. The highest BCUT2D eigenvalue weighted by molar-refractivity contribution is 7.92. The van der Waals surface area contributed by atoms with E-state index < -0.39 is 10.0 Å². The molecule has 0 aliphatic carbocycles. The lowest BCUT2D eigenvalue weighted by Gasteiger charge is -2.25. The molecule has 1 aromatic heterocycles. The van der Waals surface area contributed by atoms with Gasteiger partial charge in [-0.05, 0) is 48.6 Å². The zero-order valence-corrected chi connectivity index (χ0v) is 19.6. The molecule has 32 heavy (non-hydrogen) atoms. The van der Waals surface area contributed by atoms with E-state index in [1.54, 1.807) is 22.7 Å². The number of hydrogen-bond acceptors (Lipinski definition) is 3. The molecule has 0 saturated heterocycles. The molecule has 1 aliphatic heterocycles. The number of anilines is 2. The first kappa shape index (κ1) is 22.1. The fourth-order valence-electron chi connectivity index (χ4n) is 4.34. The summed E-state index contributed by atoms with van der Waals surface area (Å²) in [7, 11) is -2.04. The minimum atomic E-state index is -3.76. The van der Waals surface area contributed by atoms with Gasteiger partial charge in [-0.2, -0.15) is 0 Å². The van der Waals surface area contributed by atoms with Crippen LogP contribution in [0.15, 0.2) is 65.7 Å². The Labute approximate surface area is 190 Å². The maximum atomic E-state index is 13.6. The predicted octanol–water partition coefficient (Wildman–Crippen LogP) is 4.40. The molecule has 4 rings (SSSR count). The summed E-state index contributed by atoms with van der Waals surface area (Å²) in [6, 6.07) is 16.9. The van der Waals surface area contributed by atoms with Gasteiger partial charge in [0.05, 0.1) is 5.69 Å². The smallest absolute Gasteiger partial charge is 0.274 e. The molecule has 0 fully saturated rings. The van der Waals surface area contributed by atoms with Crippen LogP contribution < -0.4 is 9.21 Å². The van der Waals surface area contributed by atoms with E-state index in [1.807, 2.05) is 55.5 Å². The maximum Gasteiger partial charge on any atom is 0.274 e. The van der Waals surface area contributed by atoms with Gasteiger partial charge < -0.3 is 9.47 Å². The van der Waals surface area contributed by atoms with E-state index in [-0.39, 0.29) is 10.8 Å². The Hall–Kier alpha value is -3.06. The van der Waals surface area contributed by atoms with Crippen molar-refractivity contribution in [2.75, 3.05) is 22.3 Å². The third-order valence-corrected chi connectivity index (χ3v) is 7.77. The van der Waals surface area contributed by atoms with Crippen LogP contribution in [0.1, 0.15) is 41.9 Å². The Morgan fingerprint density at radius 1 is 1.06 bits per heavy atom. The van der Waals surface area contributed by atoms with Crippen LogP contribution in [0.2, 0.25) is 0 Å². The largest absolute Gasteiger partial charge is 0.345 e. The summed E-state index contributed by atoms with van der Waals surface area (Å²) in [5, 5.41) is 0. The standard InChI is InChI=1S/C25H29N3O3S/c1-4-15-27(22-12-8-6-10-19(22)5-2)25(29)24-17-21(18-26(24)3)32(30,31)28-16-14-20-11-7-9-13-23(20)28/h6-13,17-18H,4-5,14-16H2,1-3H3. The zero-order valence-electron chi connectivity index (χ0n) is 18.8. The number of carbonyl (C=O) groups is 1. The number of carbonyl (C=O) groups excluding carboxylic acids is 1. The molecule has 3 aromatic rings. The van der Waals surface area contributed by atoms with Crippen LogP contribution >= 0.6 is 0 Å². The second-order valence-electron chi connectivity index (χ2n) is 8.07. The van der Waals surface area contributed by atoms with Crippen molar-refractivity contribution in [1.82, 2.24) is 4.57 Å². The highest BCUT2D eigenvalue weighted by Crippen LogP contribution is 2.33. The van der Waals surface area contributed by atoms with E-state index in [1.165, 1.54) is 10.4 Å². The molecule has 0 bridgehead atoms. The molecule has 0 N–H and O–H groups in total. The van der Waals surface area contributed by atoms with Crippen LogP contribution in [-0.4, -0.2) is 32.0 Å². The van der Waals surface area contributed by atoms with Gasteiger partial charge >= 0.3 is 0 Å². The van der Waals surface area contributed by atoms with E-state index in [2.05, 4.69) is 6.92 Å². The van der Waals surface area contributed by atoms with Crippen molar-refractivity contribution in [3.63, 3.8) is 0 Å². The number of rotatable bonds is 7. The number of amides is 1. The second kappa shape index (κ2) is 8.82. The normalized spacial score (nSPS) is 13.3. The van der Waals surface area contributed by atoms with Gasteiger partial charge in [-0.1, -0.05) is 50.2 Å². The zero-order chi connectivity index (χ0) is 22.9. The fourth-order valence-corrected chi connectivity index (χ4v) is 5.91. The average Bonchev–Trinajstić information content (AvgIpc) is 3.41. The molecular formula is C25H29N3O3S. The van der Waals surface area contributed by atoms with Crippen molar-refractivity contribution < 1.29 is 13.2 Å². The van der Waals surface area contributed by atoms with E-state index in [0.717, 1.165) is 29.7 Å². The van der Waals surface area contributed by atoms with Gasteiger partial charge in [0.15, 0.2) is 0 Å². The number of para-hydroxylation sites is 2. The molecule has 0 saturated carbocycles. The first-order valence-electron chi connectivity index (χ1n) is 11.0. The quantitative estimate of drug-likeness (QED) is 0.535. The van der Waals surface area contributed by atoms with Gasteiger partial charge in [0, 0.05) is 32.0 Å². The van der Waals surface area contributed by atoms with Crippen molar-refractivity contribution in [2.45, 2.75) is 38.0 Å². The number of hydrogen-bond donors (Lipinski definition) is 0. The van der Waals surface area contributed by atoms with Crippen molar-refractivity contribution >= 4 is 27.3 Å². The van der Waals surface area contributed by atoms with Crippen LogP contribution in [0.4, 0.5) is 11.4 Å². The molecule has 1 amide bonds. The van der Waals surface area contributed by atoms with Gasteiger partial charge in [0.1, 0.15) is 10.6 Å². The number of benzene rings is 2. The number of fused-ring (bicyclic) bond motifs is 1. The number of aromatic nitrogens is 1. The minimum Gasteiger partial charge on any atom is -0.345 e. The highest BCUT2D eigenvalue weighted by Gasteiger charge is 2.33. The summed E-state index contributed by atoms with van der Waals surface area (Å²) in [5.41, 5.74) is 4.06. The predicted molar refractivity (Wildman–Crippen MR) is 128 cm³/mol. The summed E-state index contributed by atoms with van der Waals surface area (Å²) in [6.07, 6.45) is 3.83. The van der Waals surface area contributed by atoms with Crippen molar-refractivity contribution in [1.29, 1.82) is 0 Å². The third-order valence-electron chi connectivity index (χ3n) is 5.99. The lowest BCUT2D eigenvalue weighted by atomic mass is 10.1. The van der Waals surface area contributed by atoms with E-state index in [0.29, 0.717) is 30.9 Å². The molecule has 0 radical (unpaired) electrons. The lowest BCUT2D eigenvalue weighted by Crippen LogP contribution is -2.33. The highest BCUT2D eigenvalue weighted by atomic mass is 32.2. The first-order chi connectivity index (χ1) is 15.4. The molecule has 168 valence electrons. The van der Waals surface area contributed by atoms with Crippen molar-refractivity contribution in [3.05, 3.63) is 77.6 Å². The third kappa shape index (κ3) is 3.81. The number of aryl methyl sites for hydroxylation is 2. The SMILES string of the molecule is CCCN(C(=O)c1cc(S(=O)(=O)N2CCc3ccccc32)cn1C)c1ccccc1CC. The monoisotopic (exact) mass is 451 g/mol. The van der Waals surface area contributed by atoms with Crippen molar-refractivity contribution in [3.8, 4) is 0 Å². The van der Waals surface area contributed by atoms with E-state index >= 15 is 0 Å². The Morgan fingerprint density at radius 2 is 1.78 bits per heavy atom. The molecule has 0 atom stereocenters. The molecule has 6 nitrogen and oxygen atoms in total. The summed E-state index contributed by atoms with van der Waals surface area (Å²) in [5.74, 6) is -0.196. The molecule has 2 heterocycles. The minimum absolute atomic E-state index is 0.139. The molecule has 7 heteroatoms. The van der Waals surface area contributed by atoms with Crippen LogP contribution in [-0.2, 0) is 29.9 Å². The van der Waals surface area contributed by atoms with Crippen LogP contribution in [0, 0.1) is 0 Å². The van der Waals surface area contributed by atoms with Gasteiger partial charge in [-0.3, -0.25) is 9.10 Å². The average molecular weight is 452 g/mol. The fraction of sp³-hybridized carbons (Fsp3) is 0.320. The number of sulfonamides is 1. The molecule has 2 aromatic carbocycles. The van der Waals surface area contributed by atoms with E-state index in [9.17, 15) is 13.2 Å². The Morgan fingerprint density at radius 3 is 2.53 bits per heavy atom. The maximum absolute atomic E-state index is 13.6. The van der Waals surface area contributed by atoms with Gasteiger partial charge in [-0.15, -0.1) is 0 Å². The van der Waals surface area contributed by atoms with Gasteiger partial charge in [0.2, 0.25) is 0 Å². The lowest BCUT2D eigenvalue weighted by molar-refractivity contribution is 0.0979. The Balaban J connectivity index is 1.70. The Bertz CT molecular complexity index is 1250. The summed E-state index contributed by atoms with van der Waals surface area (Å²) >= 11 is 0. The van der Waals surface area contributed by atoms with Gasteiger partial charge in [-0.25, -0.2) is 8.42 Å². The second-order valence-corrected chi connectivity index (χ2v) is 9.93. The van der Waals surface area contributed by atoms with E-state index in [4.69, 9.17) is 0 Å². The van der Waals surface area contributed by atoms with Crippen LogP contribution in [0.5, 0.6) is 0 Å².